The summed E-state index contributed by atoms with van der Waals surface area (Å²) in [4.78, 5) is 24.1. The number of benzene rings is 2. The number of carbonyl (C=O) groups excluding carboxylic acids is 1. The molecule has 0 aliphatic carbocycles. The first-order valence-corrected chi connectivity index (χ1v) is 10.3. The molecule has 1 saturated heterocycles. The van der Waals surface area contributed by atoms with E-state index < -0.39 is 0 Å². The third kappa shape index (κ3) is 4.35. The van der Waals surface area contributed by atoms with Crippen molar-refractivity contribution >= 4 is 28.5 Å². The van der Waals surface area contributed by atoms with Gasteiger partial charge in [-0.1, -0.05) is 23.2 Å². The van der Waals surface area contributed by atoms with Crippen LogP contribution in [0, 0.1) is 12.8 Å². The maximum atomic E-state index is 13.0. The van der Waals surface area contributed by atoms with Gasteiger partial charge in [-0.05, 0) is 62.4 Å². The summed E-state index contributed by atoms with van der Waals surface area (Å²) in [5, 5.41) is 0.667. The Labute approximate surface area is 175 Å². The van der Waals surface area contributed by atoms with Crippen molar-refractivity contribution in [2.75, 3.05) is 20.2 Å². The molecule has 3 aromatic rings. The molecule has 1 aliphatic heterocycles. The molecule has 1 amide bonds. The Morgan fingerprint density at radius 1 is 1.24 bits per heavy atom. The third-order valence-corrected chi connectivity index (χ3v) is 5.76. The van der Waals surface area contributed by atoms with Gasteiger partial charge in [0.25, 0.3) is 5.91 Å². The van der Waals surface area contributed by atoms with Crippen molar-refractivity contribution in [2.45, 2.75) is 26.2 Å². The van der Waals surface area contributed by atoms with Crippen LogP contribution in [0.3, 0.4) is 0 Å². The Bertz CT molecular complexity index is 1050. The summed E-state index contributed by atoms with van der Waals surface area (Å²) < 4.78 is 5.38. The van der Waals surface area contributed by atoms with Crippen molar-refractivity contribution in [3.63, 3.8) is 0 Å². The molecule has 2 aromatic carbocycles. The molecule has 0 N–H and O–H groups in total. The molecule has 1 atom stereocenters. The van der Waals surface area contributed by atoms with Crippen LogP contribution < -0.4 is 4.74 Å². The summed E-state index contributed by atoms with van der Waals surface area (Å²) in [6, 6.07) is 11.3. The third-order valence-electron chi connectivity index (χ3n) is 5.52. The zero-order valence-electron chi connectivity index (χ0n) is 16.7. The Balaban J connectivity index is 1.38. The topological polar surface area (TPSA) is 55.3 Å². The molecule has 29 heavy (non-hydrogen) atoms. The minimum absolute atomic E-state index is 0.0513. The van der Waals surface area contributed by atoms with Gasteiger partial charge in [-0.2, -0.15) is 0 Å². The molecule has 150 valence electrons. The Morgan fingerprint density at radius 3 is 2.93 bits per heavy atom. The van der Waals surface area contributed by atoms with Crippen LogP contribution in [-0.2, 0) is 6.42 Å². The second-order valence-corrected chi connectivity index (χ2v) is 8.08. The summed E-state index contributed by atoms with van der Waals surface area (Å²) in [6.07, 6.45) is 4.68. The minimum atomic E-state index is 0.0513. The van der Waals surface area contributed by atoms with E-state index in [9.17, 15) is 4.79 Å². The van der Waals surface area contributed by atoms with E-state index in [0.717, 1.165) is 54.6 Å². The van der Waals surface area contributed by atoms with Gasteiger partial charge in [0.15, 0.2) is 0 Å². The van der Waals surface area contributed by atoms with Gasteiger partial charge in [-0.3, -0.25) is 9.78 Å². The number of ether oxygens (including phenoxy) is 1. The fourth-order valence-corrected chi connectivity index (χ4v) is 4.07. The van der Waals surface area contributed by atoms with Crippen LogP contribution in [0.2, 0.25) is 5.02 Å². The minimum Gasteiger partial charge on any atom is -0.496 e. The summed E-state index contributed by atoms with van der Waals surface area (Å²) in [6.45, 7) is 3.54. The van der Waals surface area contributed by atoms with Crippen molar-refractivity contribution < 1.29 is 9.53 Å². The van der Waals surface area contributed by atoms with Crippen LogP contribution in [0.15, 0.2) is 42.6 Å². The highest BCUT2D eigenvalue weighted by Crippen LogP contribution is 2.27. The second-order valence-electron chi connectivity index (χ2n) is 7.64. The monoisotopic (exact) mass is 409 g/mol. The molecule has 6 heteroatoms. The van der Waals surface area contributed by atoms with Crippen LogP contribution in [0.25, 0.3) is 11.0 Å². The molecule has 1 aromatic heterocycles. The Hall–Kier alpha value is -2.66. The van der Waals surface area contributed by atoms with Gasteiger partial charge in [0.2, 0.25) is 0 Å². The molecule has 2 heterocycles. The van der Waals surface area contributed by atoms with E-state index in [4.69, 9.17) is 21.3 Å². The number of hydrogen-bond donors (Lipinski definition) is 0. The fraction of sp³-hybridized carbons (Fsp3) is 0.348. The summed E-state index contributed by atoms with van der Waals surface area (Å²) >= 11 is 6.01. The molecule has 0 unspecified atom stereocenters. The van der Waals surface area contributed by atoms with Crippen molar-refractivity contribution in [3.05, 3.63) is 64.4 Å². The van der Waals surface area contributed by atoms with Crippen molar-refractivity contribution in [3.8, 4) is 5.75 Å². The van der Waals surface area contributed by atoms with Crippen molar-refractivity contribution in [2.24, 2.45) is 5.92 Å². The molecule has 0 bridgehead atoms. The number of fused-ring (bicyclic) bond motifs is 1. The van der Waals surface area contributed by atoms with E-state index in [2.05, 4.69) is 4.98 Å². The lowest BCUT2D eigenvalue weighted by Gasteiger charge is -2.18. The van der Waals surface area contributed by atoms with Gasteiger partial charge >= 0.3 is 0 Å². The summed E-state index contributed by atoms with van der Waals surface area (Å²) in [5.74, 6) is 1.16. The lowest BCUT2D eigenvalue weighted by atomic mass is 10.0. The first-order chi connectivity index (χ1) is 14.0. The van der Waals surface area contributed by atoms with Gasteiger partial charge in [-0.25, -0.2) is 4.98 Å². The van der Waals surface area contributed by atoms with Gasteiger partial charge in [0.05, 0.1) is 29.4 Å². The number of carbonyl (C=O) groups is 1. The molecule has 0 saturated carbocycles. The van der Waals surface area contributed by atoms with E-state index in [1.165, 1.54) is 0 Å². The predicted molar refractivity (Wildman–Crippen MR) is 115 cm³/mol. The molecular weight excluding hydrogens is 386 g/mol. The largest absolute Gasteiger partial charge is 0.496 e. The van der Waals surface area contributed by atoms with Crippen molar-refractivity contribution in [1.82, 2.24) is 14.9 Å². The lowest BCUT2D eigenvalue weighted by Crippen LogP contribution is -2.29. The number of amides is 1. The Kier molecular flexibility index (Phi) is 5.67. The van der Waals surface area contributed by atoms with Gasteiger partial charge in [0, 0.05) is 24.3 Å². The molecule has 1 aliphatic rings. The predicted octanol–water partition coefficient (Wildman–Crippen LogP) is 4.70. The van der Waals surface area contributed by atoms with Crippen LogP contribution in [0.1, 0.15) is 34.5 Å². The molecule has 4 rings (SSSR count). The number of likely N-dealkylation sites (tertiary alicyclic amines) is 1. The van der Waals surface area contributed by atoms with Crippen LogP contribution in [0.5, 0.6) is 5.75 Å². The quantitative estimate of drug-likeness (QED) is 0.613. The zero-order valence-corrected chi connectivity index (χ0v) is 17.4. The molecular formula is C23H24ClN3O2. The smallest absolute Gasteiger partial charge is 0.257 e. The highest BCUT2D eigenvalue weighted by atomic mass is 35.5. The van der Waals surface area contributed by atoms with E-state index in [1.807, 2.05) is 54.4 Å². The average molecular weight is 410 g/mol. The first-order valence-electron chi connectivity index (χ1n) is 9.88. The van der Waals surface area contributed by atoms with E-state index in [-0.39, 0.29) is 5.91 Å². The molecule has 1 fully saturated rings. The van der Waals surface area contributed by atoms with Crippen LogP contribution >= 0.6 is 11.6 Å². The number of hydrogen-bond acceptors (Lipinski definition) is 4. The summed E-state index contributed by atoms with van der Waals surface area (Å²) in [5.41, 5.74) is 4.35. The first kappa shape index (κ1) is 19.6. The van der Waals surface area contributed by atoms with Crippen LogP contribution in [-0.4, -0.2) is 41.0 Å². The van der Waals surface area contributed by atoms with Gasteiger partial charge < -0.3 is 9.64 Å². The SMILES string of the molecule is COc1ccc(C)cc1C(=O)N1CC[C@@H](CCc2cnc3cc(Cl)ccc3n2)C1. The molecule has 0 radical (unpaired) electrons. The fourth-order valence-electron chi connectivity index (χ4n) is 3.91. The summed E-state index contributed by atoms with van der Waals surface area (Å²) in [7, 11) is 1.60. The molecule has 0 spiro atoms. The normalized spacial score (nSPS) is 16.4. The number of nitrogens with zero attached hydrogens (tertiary/aromatic N) is 3. The average Bonchev–Trinajstić information content (AvgIpc) is 3.20. The maximum Gasteiger partial charge on any atom is 0.257 e. The highest BCUT2D eigenvalue weighted by molar-refractivity contribution is 6.31. The maximum absolute atomic E-state index is 13.0. The van der Waals surface area contributed by atoms with Gasteiger partial charge in [0.1, 0.15) is 5.75 Å². The van der Waals surface area contributed by atoms with E-state index in [1.54, 1.807) is 7.11 Å². The van der Waals surface area contributed by atoms with E-state index >= 15 is 0 Å². The number of halogens is 1. The zero-order chi connectivity index (χ0) is 20.4. The molecule has 5 nitrogen and oxygen atoms in total. The lowest BCUT2D eigenvalue weighted by molar-refractivity contribution is 0.0783. The van der Waals surface area contributed by atoms with Crippen LogP contribution in [0.4, 0.5) is 0 Å². The highest BCUT2D eigenvalue weighted by Gasteiger charge is 2.28. The standard InChI is InChI=1S/C23H24ClN3O2/c1-15-3-8-22(29-2)19(11-15)23(28)27-10-9-16(14-27)4-6-18-13-25-21-12-17(24)5-7-20(21)26-18/h3,5,7-8,11-13,16H,4,6,9-10,14H2,1-2H3/t16-/m1/s1. The van der Waals surface area contributed by atoms with E-state index in [0.29, 0.717) is 22.3 Å². The Morgan fingerprint density at radius 2 is 2.10 bits per heavy atom. The van der Waals surface area contributed by atoms with Crippen molar-refractivity contribution in [1.29, 1.82) is 0 Å². The number of rotatable bonds is 5. The van der Waals surface area contributed by atoms with Gasteiger partial charge in [-0.15, -0.1) is 0 Å². The number of aromatic nitrogens is 2. The second kappa shape index (κ2) is 8.37. The number of aryl methyl sites for hydroxylation is 2. The number of methoxy groups -OCH3 is 1.